The number of methoxy groups -OCH3 is 1. The van der Waals surface area contributed by atoms with Crippen molar-refractivity contribution in [3.05, 3.63) is 17.4 Å². The molecule has 0 bridgehead atoms. The summed E-state index contributed by atoms with van der Waals surface area (Å²) in [5, 5.41) is 2.78. The second-order valence-electron chi connectivity index (χ2n) is 7.93. The topological polar surface area (TPSA) is 63.7 Å². The Kier molecular flexibility index (Phi) is 7.05. The summed E-state index contributed by atoms with van der Waals surface area (Å²) in [4.78, 5) is 18.3. The van der Waals surface area contributed by atoms with Crippen LogP contribution in [0.1, 0.15) is 44.1 Å². The summed E-state index contributed by atoms with van der Waals surface area (Å²) in [5.74, 6) is -2.41. The average molecular weight is 433 g/mol. The van der Waals surface area contributed by atoms with Gasteiger partial charge in [0.25, 0.3) is 5.88 Å². The minimum Gasteiger partial charge on any atom is -0.481 e. The molecule has 0 unspecified atom stereocenters. The molecule has 1 aliphatic heterocycles. The average Bonchev–Trinajstić information content (AvgIpc) is 3.13. The maximum atomic E-state index is 14.5. The van der Waals surface area contributed by atoms with Crippen LogP contribution in [0.4, 0.5) is 17.6 Å². The number of likely N-dealkylation sites (tertiary alicyclic amines) is 1. The van der Waals surface area contributed by atoms with Crippen LogP contribution >= 0.6 is 0 Å². The number of nitrogens with one attached hydrogen (secondary N) is 1. The third-order valence-corrected chi connectivity index (χ3v) is 5.87. The fourth-order valence-electron chi connectivity index (χ4n) is 4.09. The van der Waals surface area contributed by atoms with Gasteiger partial charge in [0.1, 0.15) is 6.10 Å². The third kappa shape index (κ3) is 5.33. The van der Waals surface area contributed by atoms with Gasteiger partial charge in [0.15, 0.2) is 5.82 Å². The Balaban J connectivity index is 1.61. The molecule has 1 amide bonds. The van der Waals surface area contributed by atoms with E-state index in [2.05, 4.69) is 10.3 Å². The van der Waals surface area contributed by atoms with Crippen molar-refractivity contribution in [2.45, 2.75) is 63.4 Å². The molecule has 1 N–H and O–H groups in total. The Bertz CT molecular complexity index is 752. The molecule has 1 aromatic heterocycles. The van der Waals surface area contributed by atoms with E-state index in [1.807, 2.05) is 11.9 Å². The summed E-state index contributed by atoms with van der Waals surface area (Å²) >= 11 is 0. The third-order valence-electron chi connectivity index (χ3n) is 5.87. The van der Waals surface area contributed by atoms with Gasteiger partial charge >= 0.3 is 6.18 Å². The number of alkyl halides is 3. The van der Waals surface area contributed by atoms with E-state index in [1.165, 1.54) is 13.2 Å². The van der Waals surface area contributed by atoms with Crippen molar-refractivity contribution in [3.63, 3.8) is 0 Å². The van der Waals surface area contributed by atoms with Crippen LogP contribution in [0.5, 0.6) is 11.8 Å². The molecule has 1 saturated carbocycles. The van der Waals surface area contributed by atoms with E-state index in [9.17, 15) is 22.4 Å². The van der Waals surface area contributed by atoms with Crippen LogP contribution in [-0.2, 0) is 11.3 Å². The summed E-state index contributed by atoms with van der Waals surface area (Å²) in [5.41, 5.74) is 0.358. The molecule has 1 atom stereocenters. The number of aromatic nitrogens is 1. The maximum Gasteiger partial charge on any atom is 0.391 e. The molecule has 30 heavy (non-hydrogen) atoms. The Hall–Kier alpha value is -2.10. The van der Waals surface area contributed by atoms with Gasteiger partial charge in [0.05, 0.1) is 19.1 Å². The molecule has 2 heterocycles. The Labute approximate surface area is 172 Å². The lowest BCUT2D eigenvalue weighted by Gasteiger charge is -2.30. The fourth-order valence-corrected chi connectivity index (χ4v) is 4.09. The SMILES string of the molecule is COc1nc(OC2CCC(C(F)(F)F)CC2)c(F)cc1CNC(=O)[C@@H]1CCCN1C. The van der Waals surface area contributed by atoms with Gasteiger partial charge in [0, 0.05) is 12.1 Å². The van der Waals surface area contributed by atoms with E-state index >= 15 is 0 Å². The second-order valence-corrected chi connectivity index (χ2v) is 7.93. The van der Waals surface area contributed by atoms with Crippen molar-refractivity contribution in [2.75, 3.05) is 20.7 Å². The number of ether oxygens (including phenoxy) is 2. The zero-order valence-electron chi connectivity index (χ0n) is 17.1. The largest absolute Gasteiger partial charge is 0.481 e. The molecule has 0 aromatic carbocycles. The van der Waals surface area contributed by atoms with Crippen LogP contribution in [0.2, 0.25) is 0 Å². The van der Waals surface area contributed by atoms with Crippen molar-refractivity contribution < 1.29 is 31.8 Å². The number of halogens is 4. The standard InChI is InChI=1S/C20H27F4N3O3/c1-27-9-3-4-16(27)17(28)25-11-12-10-15(21)19(26-18(12)29-2)30-14-7-5-13(6-8-14)20(22,23)24/h10,13-14,16H,3-9,11H2,1-2H3,(H,25,28)/t13?,14?,16-/m0/s1. The van der Waals surface area contributed by atoms with Crippen LogP contribution in [0.3, 0.4) is 0 Å². The van der Waals surface area contributed by atoms with E-state index in [-0.39, 0.29) is 55.9 Å². The summed E-state index contributed by atoms with van der Waals surface area (Å²) < 4.78 is 63.6. The van der Waals surface area contributed by atoms with E-state index in [1.54, 1.807) is 0 Å². The van der Waals surface area contributed by atoms with E-state index < -0.39 is 24.0 Å². The van der Waals surface area contributed by atoms with Gasteiger partial charge in [-0.05, 0) is 58.2 Å². The molecule has 1 saturated heterocycles. The predicted octanol–water partition coefficient (Wildman–Crippen LogP) is 3.44. The number of carbonyl (C=O) groups is 1. The molecule has 10 heteroatoms. The molecular weight excluding hydrogens is 406 g/mol. The molecule has 1 aromatic rings. The first-order valence-corrected chi connectivity index (χ1v) is 10.1. The summed E-state index contributed by atoms with van der Waals surface area (Å²) in [6.45, 7) is 0.905. The molecular formula is C20H27F4N3O3. The lowest BCUT2D eigenvalue weighted by Crippen LogP contribution is -2.41. The number of amides is 1. The molecule has 168 valence electrons. The summed E-state index contributed by atoms with van der Waals surface area (Å²) in [6.07, 6.45) is -2.75. The highest BCUT2D eigenvalue weighted by Gasteiger charge is 2.42. The highest BCUT2D eigenvalue weighted by molar-refractivity contribution is 5.82. The number of nitrogens with zero attached hydrogens (tertiary/aromatic N) is 2. The van der Waals surface area contributed by atoms with Gasteiger partial charge < -0.3 is 14.8 Å². The van der Waals surface area contributed by atoms with Gasteiger partial charge in [0.2, 0.25) is 11.8 Å². The first kappa shape index (κ1) is 22.6. The van der Waals surface area contributed by atoms with E-state index in [0.717, 1.165) is 19.4 Å². The fraction of sp³-hybridized carbons (Fsp3) is 0.700. The maximum absolute atomic E-state index is 14.5. The zero-order valence-corrected chi connectivity index (χ0v) is 17.1. The normalized spacial score (nSPS) is 25.2. The Morgan fingerprint density at radius 2 is 1.93 bits per heavy atom. The Morgan fingerprint density at radius 1 is 1.23 bits per heavy atom. The highest BCUT2D eigenvalue weighted by atomic mass is 19.4. The van der Waals surface area contributed by atoms with Crippen LogP contribution in [0, 0.1) is 11.7 Å². The quantitative estimate of drug-likeness (QED) is 0.697. The van der Waals surface area contributed by atoms with Gasteiger partial charge in [-0.15, -0.1) is 0 Å². The number of hydrogen-bond acceptors (Lipinski definition) is 5. The first-order valence-electron chi connectivity index (χ1n) is 10.1. The molecule has 0 spiro atoms. The van der Waals surface area contributed by atoms with Crippen LogP contribution in [0.25, 0.3) is 0 Å². The van der Waals surface area contributed by atoms with Crippen LogP contribution in [-0.4, -0.2) is 54.8 Å². The smallest absolute Gasteiger partial charge is 0.391 e. The van der Waals surface area contributed by atoms with Gasteiger partial charge in [-0.25, -0.2) is 4.39 Å². The van der Waals surface area contributed by atoms with Crippen LogP contribution in [0.15, 0.2) is 6.07 Å². The number of carbonyl (C=O) groups excluding carboxylic acids is 1. The minimum atomic E-state index is -4.21. The Morgan fingerprint density at radius 3 is 2.50 bits per heavy atom. The van der Waals surface area contributed by atoms with Crippen LogP contribution < -0.4 is 14.8 Å². The molecule has 6 nitrogen and oxygen atoms in total. The van der Waals surface area contributed by atoms with Gasteiger partial charge in [-0.2, -0.15) is 18.2 Å². The van der Waals surface area contributed by atoms with Crippen molar-refractivity contribution in [1.29, 1.82) is 0 Å². The second kappa shape index (κ2) is 9.36. The van der Waals surface area contributed by atoms with E-state index in [0.29, 0.717) is 5.56 Å². The van der Waals surface area contributed by atoms with Gasteiger partial charge in [-0.1, -0.05) is 0 Å². The molecule has 3 rings (SSSR count). The summed E-state index contributed by atoms with van der Waals surface area (Å²) in [6, 6.07) is 0.976. The molecule has 1 aliphatic carbocycles. The number of rotatable bonds is 6. The van der Waals surface area contributed by atoms with Crippen molar-refractivity contribution in [2.24, 2.45) is 5.92 Å². The van der Waals surface area contributed by atoms with Crippen molar-refractivity contribution >= 4 is 5.91 Å². The molecule has 2 aliphatic rings. The highest BCUT2D eigenvalue weighted by Crippen LogP contribution is 2.38. The van der Waals surface area contributed by atoms with Crippen molar-refractivity contribution in [3.8, 4) is 11.8 Å². The lowest BCUT2D eigenvalue weighted by atomic mass is 9.87. The number of likely N-dealkylation sites (N-methyl/N-ethyl adjacent to an activating group) is 1. The number of pyridine rings is 1. The summed E-state index contributed by atoms with van der Waals surface area (Å²) in [7, 11) is 3.25. The predicted molar refractivity (Wildman–Crippen MR) is 101 cm³/mol. The van der Waals surface area contributed by atoms with E-state index in [4.69, 9.17) is 9.47 Å². The lowest BCUT2D eigenvalue weighted by molar-refractivity contribution is -0.185. The van der Waals surface area contributed by atoms with Gasteiger partial charge in [-0.3, -0.25) is 9.69 Å². The minimum absolute atomic E-state index is 0.0488. The zero-order chi connectivity index (χ0) is 21.9. The molecule has 2 fully saturated rings. The molecule has 0 radical (unpaired) electrons. The first-order chi connectivity index (χ1) is 14.2. The number of hydrogen-bond donors (Lipinski definition) is 1. The monoisotopic (exact) mass is 433 g/mol. The van der Waals surface area contributed by atoms with Crippen molar-refractivity contribution in [1.82, 2.24) is 15.2 Å².